The maximum Gasteiger partial charge on any atom is 0.252 e. The van der Waals surface area contributed by atoms with Crippen LogP contribution in [0.3, 0.4) is 0 Å². The van der Waals surface area contributed by atoms with Gasteiger partial charge in [0.15, 0.2) is 0 Å². The van der Waals surface area contributed by atoms with Crippen molar-refractivity contribution in [2.75, 3.05) is 9.80 Å². The maximum absolute atomic E-state index is 2.67. The molecule has 7 nitrogen and oxygen atoms in total. The molecule has 24 aromatic rings. The number of hydrogen-bond acceptors (Lipinski definition) is 2. The standard InChI is InChI=1S/C114H72BN7/c1-3-33-73(34-4-1)78-37-7-19-51-94(78)119-108-69-75(80-49-31-63-106(117-98-55-23-11-41-84(98)85-42-12-24-56-99(85)117)113(80)121-102-59-27-15-45-88(102)89-46-16-28-60-103(89)121)65-67-92(108)115-93-68-66-77(116-96-53-21-9-39-82(96)83-40-10-22-54-97(83)116)72-109(93)120(95-52-20-8-38-79(95)74-35-5-2-6-36-74)111-71-76(70-110(119)112(111)115)81-50-32-64-107(118-100-57-25-13-43-86(100)87-44-14-26-58-101(87)118)114(81)122-104-61-29-17-47-90(104)91-48-18-30-62-105(91)122/h1-72H. The molecule has 7 heterocycles. The van der Waals surface area contributed by atoms with Crippen LogP contribution in [0.4, 0.5) is 34.1 Å². The molecule has 2 aliphatic heterocycles. The van der Waals surface area contributed by atoms with Crippen LogP contribution in [0, 0.1) is 0 Å². The second-order valence-electron chi connectivity index (χ2n) is 32.5. The van der Waals surface area contributed by atoms with E-state index in [1.165, 1.54) is 70.3 Å². The van der Waals surface area contributed by atoms with Crippen molar-refractivity contribution in [3.05, 3.63) is 437 Å². The summed E-state index contributed by atoms with van der Waals surface area (Å²) in [6, 6.07) is 164. The zero-order chi connectivity index (χ0) is 79.8. The lowest BCUT2D eigenvalue weighted by molar-refractivity contribution is 1.10. The summed E-state index contributed by atoms with van der Waals surface area (Å²) in [6.45, 7) is -0.318. The number of nitrogens with zero attached hydrogens (tertiary/aromatic N) is 7. The summed E-state index contributed by atoms with van der Waals surface area (Å²) in [5, 5.41) is 12.0. The molecule has 0 saturated carbocycles. The summed E-state index contributed by atoms with van der Waals surface area (Å²) in [4.78, 5) is 5.33. The number of fused-ring (bicyclic) bond motifs is 19. The molecule has 26 rings (SSSR count). The van der Waals surface area contributed by atoms with E-state index in [0.717, 1.165) is 162 Å². The Morgan fingerprint density at radius 2 is 0.426 bits per heavy atom. The maximum atomic E-state index is 2.67. The number of benzene rings is 19. The average molecular weight is 1550 g/mol. The third-order valence-electron chi connectivity index (χ3n) is 26.3. The van der Waals surface area contributed by atoms with Crippen LogP contribution >= 0.6 is 0 Å². The topological polar surface area (TPSA) is 31.1 Å². The third kappa shape index (κ3) is 9.86. The SMILES string of the molecule is c1ccc(-c2ccccc2N2c3cc(-c4cccc(-n5c6ccccc6c6ccccc65)c4-n4c5ccccc5c5ccccc54)ccc3B3c4ccc(-n5c6ccccc6c6ccccc65)cc4N(c4ccccc4-c4ccccc4)c4cc(-c5cccc(-n6c7ccccc7c7ccccc76)c5-n5c6ccccc6c6ccccc65)cc2c43)cc1. The predicted molar refractivity (Wildman–Crippen MR) is 514 cm³/mol. The highest BCUT2D eigenvalue weighted by molar-refractivity contribution is 7.00. The number of hydrogen-bond donors (Lipinski definition) is 0. The van der Waals surface area contributed by atoms with Gasteiger partial charge in [-0.2, -0.15) is 0 Å². The normalized spacial score (nSPS) is 12.5. The summed E-state index contributed by atoms with van der Waals surface area (Å²) >= 11 is 0. The fraction of sp³-hybridized carbons (Fsp3) is 0. The highest BCUT2D eigenvalue weighted by Gasteiger charge is 2.46. The lowest BCUT2D eigenvalue weighted by atomic mass is 9.33. The van der Waals surface area contributed by atoms with Gasteiger partial charge in [-0.3, -0.25) is 0 Å². The van der Waals surface area contributed by atoms with Crippen LogP contribution in [0.2, 0.25) is 0 Å². The highest BCUT2D eigenvalue weighted by atomic mass is 15.2. The van der Waals surface area contributed by atoms with Gasteiger partial charge < -0.3 is 32.6 Å². The molecule has 2 aliphatic rings. The molecule has 0 amide bonds. The van der Waals surface area contributed by atoms with Crippen LogP contribution in [0.1, 0.15) is 0 Å². The van der Waals surface area contributed by atoms with Crippen LogP contribution in [0.25, 0.3) is 182 Å². The Labute approximate surface area is 703 Å². The molecule has 0 bridgehead atoms. The first-order chi connectivity index (χ1) is 60.6. The third-order valence-corrected chi connectivity index (χ3v) is 26.3. The average Bonchev–Trinajstić information content (AvgIpc) is 0.719. The smallest absolute Gasteiger partial charge is 0.252 e. The molecule has 0 atom stereocenters. The van der Waals surface area contributed by atoms with Gasteiger partial charge in [-0.15, -0.1) is 0 Å². The van der Waals surface area contributed by atoms with Crippen molar-refractivity contribution in [3.63, 3.8) is 0 Å². The van der Waals surface area contributed by atoms with Gasteiger partial charge in [0.05, 0.1) is 89.3 Å². The quantitative estimate of drug-likeness (QED) is 0.121. The minimum absolute atomic E-state index is 0.318. The van der Waals surface area contributed by atoms with E-state index >= 15 is 0 Å². The van der Waals surface area contributed by atoms with E-state index in [2.05, 4.69) is 469 Å². The van der Waals surface area contributed by atoms with Crippen LogP contribution in [-0.2, 0) is 0 Å². The molecule has 0 fully saturated rings. The fourth-order valence-corrected chi connectivity index (χ4v) is 21.3. The largest absolute Gasteiger partial charge is 0.311 e. The number of anilines is 6. The Bertz CT molecular complexity index is 8240. The molecule has 0 spiro atoms. The number of rotatable bonds is 11. The molecule has 566 valence electrons. The Hall–Kier alpha value is -16.2. The van der Waals surface area contributed by atoms with Gasteiger partial charge in [-0.1, -0.05) is 322 Å². The molecule has 0 aliphatic carbocycles. The van der Waals surface area contributed by atoms with Gasteiger partial charge in [0.1, 0.15) is 0 Å². The summed E-state index contributed by atoms with van der Waals surface area (Å²) in [7, 11) is 0. The molecular weight excluding hydrogens is 1480 g/mol. The Kier molecular flexibility index (Phi) is 14.9. The minimum atomic E-state index is -0.318. The monoisotopic (exact) mass is 1550 g/mol. The Balaban J connectivity index is 0.830. The van der Waals surface area contributed by atoms with Crippen molar-refractivity contribution in [1.29, 1.82) is 0 Å². The molecule has 8 heteroatoms. The second kappa shape index (κ2) is 26.7. The zero-order valence-electron chi connectivity index (χ0n) is 66.3. The molecule has 0 radical (unpaired) electrons. The molecule has 122 heavy (non-hydrogen) atoms. The van der Waals surface area contributed by atoms with Crippen LogP contribution in [0.15, 0.2) is 437 Å². The van der Waals surface area contributed by atoms with Gasteiger partial charge in [0.2, 0.25) is 0 Å². The van der Waals surface area contributed by atoms with E-state index in [4.69, 9.17) is 0 Å². The summed E-state index contributed by atoms with van der Waals surface area (Å²) < 4.78 is 12.7. The van der Waals surface area contributed by atoms with Crippen molar-refractivity contribution < 1.29 is 0 Å². The first-order valence-corrected chi connectivity index (χ1v) is 42.2. The van der Waals surface area contributed by atoms with E-state index < -0.39 is 0 Å². The van der Waals surface area contributed by atoms with Gasteiger partial charge in [-0.05, 0) is 154 Å². The van der Waals surface area contributed by atoms with Gasteiger partial charge in [-0.25, -0.2) is 0 Å². The van der Waals surface area contributed by atoms with Crippen LogP contribution in [-0.4, -0.2) is 29.5 Å². The molecular formula is C114H72BN7. The van der Waals surface area contributed by atoms with Crippen LogP contribution < -0.4 is 26.2 Å². The van der Waals surface area contributed by atoms with Crippen molar-refractivity contribution in [2.24, 2.45) is 0 Å². The summed E-state index contributed by atoms with van der Waals surface area (Å²) in [5.41, 5.74) is 35.5. The zero-order valence-corrected chi connectivity index (χ0v) is 66.3. The van der Waals surface area contributed by atoms with Gasteiger partial charge in [0, 0.05) is 105 Å². The van der Waals surface area contributed by atoms with Crippen molar-refractivity contribution in [2.45, 2.75) is 0 Å². The number of aromatic nitrogens is 5. The van der Waals surface area contributed by atoms with E-state index in [9.17, 15) is 0 Å². The lowest BCUT2D eigenvalue weighted by Gasteiger charge is -2.45. The van der Waals surface area contributed by atoms with E-state index in [0.29, 0.717) is 0 Å². The Morgan fingerprint density at radius 3 is 0.795 bits per heavy atom. The first-order valence-electron chi connectivity index (χ1n) is 42.2. The van der Waals surface area contributed by atoms with E-state index in [1.54, 1.807) is 0 Å². The lowest BCUT2D eigenvalue weighted by Crippen LogP contribution is -2.61. The second-order valence-corrected chi connectivity index (χ2v) is 32.5. The summed E-state index contributed by atoms with van der Waals surface area (Å²) in [5.74, 6) is 0. The Morgan fingerprint density at radius 1 is 0.156 bits per heavy atom. The molecule has 5 aromatic heterocycles. The van der Waals surface area contributed by atoms with Gasteiger partial charge >= 0.3 is 0 Å². The molecule has 0 saturated heterocycles. The summed E-state index contributed by atoms with van der Waals surface area (Å²) in [6.07, 6.45) is 0. The predicted octanol–water partition coefficient (Wildman–Crippen LogP) is 27.9. The van der Waals surface area contributed by atoms with E-state index in [-0.39, 0.29) is 6.71 Å². The van der Waals surface area contributed by atoms with Crippen molar-refractivity contribution in [3.8, 4) is 72.9 Å². The number of para-hydroxylation sites is 14. The molecule has 0 unspecified atom stereocenters. The van der Waals surface area contributed by atoms with Crippen molar-refractivity contribution in [1.82, 2.24) is 22.8 Å². The first kappa shape index (κ1) is 68.0. The van der Waals surface area contributed by atoms with E-state index in [1.807, 2.05) is 0 Å². The molecule has 0 N–H and O–H groups in total. The van der Waals surface area contributed by atoms with Gasteiger partial charge in [0.25, 0.3) is 6.71 Å². The minimum Gasteiger partial charge on any atom is -0.311 e. The van der Waals surface area contributed by atoms with Crippen LogP contribution in [0.5, 0.6) is 0 Å². The highest BCUT2D eigenvalue weighted by Crippen LogP contribution is 2.54. The fourth-order valence-electron chi connectivity index (χ4n) is 21.3. The molecule has 19 aromatic carbocycles. The van der Waals surface area contributed by atoms with Crippen molar-refractivity contribution >= 4 is 166 Å².